The number of carbonyl (C=O) groups excluding carboxylic acids is 1. The van der Waals surface area contributed by atoms with E-state index in [0.717, 1.165) is 37.3 Å². The van der Waals surface area contributed by atoms with Crippen molar-refractivity contribution in [1.29, 1.82) is 0 Å². The van der Waals surface area contributed by atoms with E-state index in [9.17, 15) is 4.79 Å². The normalized spacial score (nSPS) is 16.3. The van der Waals surface area contributed by atoms with Gasteiger partial charge in [-0.25, -0.2) is 0 Å². The van der Waals surface area contributed by atoms with Gasteiger partial charge in [-0.1, -0.05) is 18.2 Å². The molecule has 2 N–H and O–H groups in total. The molecule has 98 valence electrons. The summed E-state index contributed by atoms with van der Waals surface area (Å²) in [6.07, 6.45) is 2.46. The van der Waals surface area contributed by atoms with Crippen molar-refractivity contribution in [3.8, 4) is 0 Å². The van der Waals surface area contributed by atoms with Crippen molar-refractivity contribution in [3.63, 3.8) is 0 Å². The van der Waals surface area contributed by atoms with Crippen LogP contribution in [0.5, 0.6) is 0 Å². The minimum Gasteiger partial charge on any atom is -0.382 e. The summed E-state index contributed by atoms with van der Waals surface area (Å²) in [5.41, 5.74) is 2.11. The average Bonchev–Trinajstić information content (AvgIpc) is 2.42. The van der Waals surface area contributed by atoms with Crippen molar-refractivity contribution < 1.29 is 9.53 Å². The van der Waals surface area contributed by atoms with Gasteiger partial charge in [-0.3, -0.25) is 4.79 Å². The second kappa shape index (κ2) is 6.40. The Morgan fingerprint density at radius 2 is 2.06 bits per heavy atom. The van der Waals surface area contributed by atoms with Gasteiger partial charge in [0.05, 0.1) is 6.42 Å². The summed E-state index contributed by atoms with van der Waals surface area (Å²) < 4.78 is 5.35. The van der Waals surface area contributed by atoms with Gasteiger partial charge in [0.25, 0.3) is 0 Å². The van der Waals surface area contributed by atoms with E-state index < -0.39 is 0 Å². The van der Waals surface area contributed by atoms with Gasteiger partial charge in [0.2, 0.25) is 5.91 Å². The van der Waals surface area contributed by atoms with E-state index in [0.29, 0.717) is 12.5 Å². The Kier molecular flexibility index (Phi) is 4.59. The summed E-state index contributed by atoms with van der Waals surface area (Å²) in [5, 5.41) is 6.18. The zero-order valence-corrected chi connectivity index (χ0v) is 10.7. The fraction of sp³-hybridized carbons (Fsp3) is 0.500. The molecule has 0 saturated carbocycles. The predicted octanol–water partition coefficient (Wildman–Crippen LogP) is 1.57. The number of amides is 1. The highest BCUT2D eigenvalue weighted by Crippen LogP contribution is 2.20. The molecule has 1 aromatic carbocycles. The number of benzene rings is 1. The van der Waals surface area contributed by atoms with E-state index in [1.54, 1.807) is 7.05 Å². The average molecular weight is 248 g/mol. The highest BCUT2D eigenvalue weighted by molar-refractivity contribution is 5.80. The number of hydrogen-bond acceptors (Lipinski definition) is 3. The first-order valence-electron chi connectivity index (χ1n) is 6.42. The number of hydrogen-bond donors (Lipinski definition) is 2. The third kappa shape index (κ3) is 3.47. The Balaban J connectivity index is 2.04. The quantitative estimate of drug-likeness (QED) is 0.850. The number of carbonyl (C=O) groups is 1. The van der Waals surface area contributed by atoms with E-state index in [2.05, 4.69) is 10.6 Å². The van der Waals surface area contributed by atoms with Crippen molar-refractivity contribution in [1.82, 2.24) is 5.32 Å². The summed E-state index contributed by atoms with van der Waals surface area (Å²) in [6, 6.07) is 8.44. The van der Waals surface area contributed by atoms with E-state index in [-0.39, 0.29) is 5.91 Å². The maximum absolute atomic E-state index is 11.5. The van der Waals surface area contributed by atoms with Gasteiger partial charge >= 0.3 is 0 Å². The van der Waals surface area contributed by atoms with Crippen LogP contribution in [0, 0.1) is 0 Å². The largest absolute Gasteiger partial charge is 0.382 e. The van der Waals surface area contributed by atoms with Crippen molar-refractivity contribution in [2.75, 3.05) is 25.6 Å². The van der Waals surface area contributed by atoms with Gasteiger partial charge in [0.15, 0.2) is 0 Å². The molecule has 1 heterocycles. The van der Waals surface area contributed by atoms with Gasteiger partial charge in [0, 0.05) is 32.0 Å². The Hall–Kier alpha value is -1.55. The lowest BCUT2D eigenvalue weighted by atomic mass is 10.1. The minimum atomic E-state index is 0.0382. The smallest absolute Gasteiger partial charge is 0.224 e. The van der Waals surface area contributed by atoms with Gasteiger partial charge in [0.1, 0.15) is 0 Å². The molecule has 0 aliphatic carbocycles. The lowest BCUT2D eigenvalue weighted by Crippen LogP contribution is -2.28. The fourth-order valence-corrected chi connectivity index (χ4v) is 2.14. The second-order valence-corrected chi connectivity index (χ2v) is 4.54. The topological polar surface area (TPSA) is 50.4 Å². The summed E-state index contributed by atoms with van der Waals surface area (Å²) in [6.45, 7) is 1.63. The van der Waals surface area contributed by atoms with Gasteiger partial charge < -0.3 is 15.4 Å². The second-order valence-electron chi connectivity index (χ2n) is 4.54. The number of ether oxygens (including phenoxy) is 1. The van der Waals surface area contributed by atoms with Crippen LogP contribution in [-0.2, 0) is 16.0 Å². The molecular formula is C14H20N2O2. The van der Waals surface area contributed by atoms with Crippen LogP contribution in [0.2, 0.25) is 0 Å². The molecule has 18 heavy (non-hydrogen) atoms. The summed E-state index contributed by atoms with van der Waals surface area (Å²) in [5.74, 6) is 0.0382. The molecule has 0 spiro atoms. The maximum atomic E-state index is 11.5. The molecular weight excluding hydrogens is 228 g/mol. The van der Waals surface area contributed by atoms with Crippen molar-refractivity contribution in [3.05, 3.63) is 29.8 Å². The third-order valence-electron chi connectivity index (χ3n) is 3.23. The Labute approximate surface area is 108 Å². The molecule has 0 aromatic heterocycles. The number of likely N-dealkylation sites (N-methyl/N-ethyl adjacent to an activating group) is 1. The molecule has 1 aliphatic heterocycles. The fourth-order valence-electron chi connectivity index (χ4n) is 2.14. The molecule has 1 amide bonds. The standard InChI is InChI=1S/C14H20N2O2/c1-15-14(17)10-11-4-2-3-5-13(11)16-12-6-8-18-9-7-12/h2-5,12,16H,6-10H2,1H3,(H,15,17). The highest BCUT2D eigenvalue weighted by Gasteiger charge is 2.15. The van der Waals surface area contributed by atoms with Gasteiger partial charge in [-0.15, -0.1) is 0 Å². The van der Waals surface area contributed by atoms with Crippen molar-refractivity contribution in [2.24, 2.45) is 0 Å². The number of anilines is 1. The number of rotatable bonds is 4. The lowest BCUT2D eigenvalue weighted by molar-refractivity contribution is -0.119. The van der Waals surface area contributed by atoms with Gasteiger partial charge in [-0.05, 0) is 24.5 Å². The van der Waals surface area contributed by atoms with E-state index in [1.165, 1.54) is 0 Å². The monoisotopic (exact) mass is 248 g/mol. The van der Waals surface area contributed by atoms with Crippen molar-refractivity contribution >= 4 is 11.6 Å². The Morgan fingerprint density at radius 1 is 1.33 bits per heavy atom. The number of para-hydroxylation sites is 1. The first kappa shape index (κ1) is 12.9. The predicted molar refractivity (Wildman–Crippen MR) is 71.7 cm³/mol. The summed E-state index contributed by atoms with van der Waals surface area (Å²) >= 11 is 0. The zero-order chi connectivity index (χ0) is 12.8. The maximum Gasteiger partial charge on any atom is 0.224 e. The number of nitrogens with one attached hydrogen (secondary N) is 2. The van der Waals surface area contributed by atoms with Crippen LogP contribution in [0.4, 0.5) is 5.69 Å². The Bertz CT molecular complexity index is 401. The summed E-state index contributed by atoms with van der Waals surface area (Å²) in [7, 11) is 1.66. The van der Waals surface area contributed by atoms with Crippen LogP contribution < -0.4 is 10.6 Å². The zero-order valence-electron chi connectivity index (χ0n) is 10.7. The van der Waals surface area contributed by atoms with Crippen LogP contribution in [0.3, 0.4) is 0 Å². The molecule has 1 aromatic rings. The summed E-state index contributed by atoms with van der Waals surface area (Å²) in [4.78, 5) is 11.5. The van der Waals surface area contributed by atoms with Crippen LogP contribution in [-0.4, -0.2) is 32.2 Å². The molecule has 0 radical (unpaired) electrons. The molecule has 4 nitrogen and oxygen atoms in total. The molecule has 1 aliphatic rings. The van der Waals surface area contributed by atoms with E-state index in [1.807, 2.05) is 24.3 Å². The molecule has 0 atom stereocenters. The third-order valence-corrected chi connectivity index (χ3v) is 3.23. The first-order valence-corrected chi connectivity index (χ1v) is 6.42. The van der Waals surface area contributed by atoms with Crippen molar-refractivity contribution in [2.45, 2.75) is 25.3 Å². The van der Waals surface area contributed by atoms with Crippen LogP contribution in [0.25, 0.3) is 0 Å². The minimum absolute atomic E-state index is 0.0382. The van der Waals surface area contributed by atoms with E-state index >= 15 is 0 Å². The van der Waals surface area contributed by atoms with E-state index in [4.69, 9.17) is 4.74 Å². The molecule has 1 saturated heterocycles. The van der Waals surface area contributed by atoms with Gasteiger partial charge in [-0.2, -0.15) is 0 Å². The van der Waals surface area contributed by atoms with Crippen LogP contribution >= 0.6 is 0 Å². The lowest BCUT2D eigenvalue weighted by Gasteiger charge is -2.25. The first-order chi connectivity index (χ1) is 8.79. The molecule has 1 fully saturated rings. The molecule has 4 heteroatoms. The molecule has 0 bridgehead atoms. The highest BCUT2D eigenvalue weighted by atomic mass is 16.5. The SMILES string of the molecule is CNC(=O)Cc1ccccc1NC1CCOCC1. The molecule has 2 rings (SSSR count). The molecule has 0 unspecified atom stereocenters. The van der Waals surface area contributed by atoms with Crippen LogP contribution in [0.1, 0.15) is 18.4 Å². The Morgan fingerprint density at radius 3 is 2.78 bits per heavy atom. The van der Waals surface area contributed by atoms with Crippen LogP contribution in [0.15, 0.2) is 24.3 Å².